The first-order chi connectivity index (χ1) is 34.1. The van der Waals surface area contributed by atoms with E-state index in [2.05, 4.69) is 26.0 Å². The van der Waals surface area contributed by atoms with Gasteiger partial charge in [0, 0.05) is 44.4 Å². The fourth-order valence-corrected chi connectivity index (χ4v) is 7.95. The summed E-state index contributed by atoms with van der Waals surface area (Å²) >= 11 is 0. The van der Waals surface area contributed by atoms with Gasteiger partial charge in [0.15, 0.2) is 0 Å². The smallest absolute Gasteiger partial charge is 0.143 e. The van der Waals surface area contributed by atoms with Gasteiger partial charge in [-0.25, -0.2) is 0 Å². The number of anilines is 3. The van der Waals surface area contributed by atoms with Gasteiger partial charge < -0.3 is 9.32 Å². The van der Waals surface area contributed by atoms with Crippen LogP contribution in [0.15, 0.2) is 192 Å². The highest BCUT2D eigenvalue weighted by atomic mass is 16.3. The fraction of sp³-hybridized carbons (Fsp3) is 0.0566. The van der Waals surface area contributed by atoms with Crippen molar-refractivity contribution in [3.05, 3.63) is 199 Å². The zero-order valence-corrected chi connectivity index (χ0v) is 29.4. The first kappa shape index (κ1) is 18.9. The van der Waals surface area contributed by atoms with Gasteiger partial charge in [0.1, 0.15) is 11.2 Å². The van der Waals surface area contributed by atoms with E-state index in [1.807, 2.05) is 66.7 Å². The molecule has 0 saturated carbocycles. The normalized spacial score (nSPS) is 17.4. The van der Waals surface area contributed by atoms with E-state index in [9.17, 15) is 11.0 Å². The lowest BCUT2D eigenvalue weighted by Crippen LogP contribution is -2.16. The van der Waals surface area contributed by atoms with Gasteiger partial charge in [0.2, 0.25) is 0 Å². The van der Waals surface area contributed by atoms with Crippen molar-refractivity contribution in [3.8, 4) is 33.4 Å². The first-order valence-electron chi connectivity index (χ1n) is 26.2. The zero-order chi connectivity index (χ0) is 51.5. The predicted molar refractivity (Wildman–Crippen MR) is 232 cm³/mol. The van der Waals surface area contributed by atoms with Gasteiger partial charge in [-0.2, -0.15) is 0 Å². The Hall–Kier alpha value is -6.90. The largest absolute Gasteiger partial charge is 0.455 e. The third-order valence-electron chi connectivity index (χ3n) is 10.6. The van der Waals surface area contributed by atoms with Crippen molar-refractivity contribution in [3.63, 3.8) is 0 Å². The van der Waals surface area contributed by atoms with E-state index in [1.54, 1.807) is 11.0 Å². The van der Waals surface area contributed by atoms with Crippen molar-refractivity contribution >= 4 is 60.5 Å². The third-order valence-corrected chi connectivity index (χ3v) is 10.6. The number of furan rings is 1. The van der Waals surface area contributed by atoms with Crippen molar-refractivity contribution in [2.24, 2.45) is 0 Å². The number of fused-ring (bicyclic) bond motifs is 8. The summed E-state index contributed by atoms with van der Waals surface area (Å²) in [4.78, 5) is 1.63. The summed E-state index contributed by atoms with van der Waals surface area (Å²) in [5, 5.41) is -0.00242. The van der Waals surface area contributed by atoms with Crippen LogP contribution in [0.5, 0.6) is 0 Å². The molecule has 10 aromatic rings. The van der Waals surface area contributed by atoms with Crippen molar-refractivity contribution in [1.29, 1.82) is 0 Å². The predicted octanol–water partition coefficient (Wildman–Crippen LogP) is 15.0. The van der Waals surface area contributed by atoms with Crippen molar-refractivity contribution in [2.45, 2.75) is 19.3 Å². The van der Waals surface area contributed by atoms with Crippen LogP contribution in [-0.2, 0) is 5.41 Å². The molecule has 0 atom stereocenters. The molecule has 1 heterocycles. The van der Waals surface area contributed by atoms with E-state index < -0.39 is 152 Å². The maximum Gasteiger partial charge on any atom is 0.143 e. The molecule has 2 nitrogen and oxygen atoms in total. The standard InChI is InChI=1S/C53H37NO/c1-53(2)48-20-9-7-16-43(48)44-31-29-40(33-49(44)53)54(39-28-22-34-12-3-4-14-37(34)32-39)38-26-23-36(24-27-38)42-30-25-35-13-5-6-15-41(35)51(42)47-19-11-18-46-45-17-8-10-21-50(45)55-52(46)47/h3-33H,1-2H3/i5D,6D,8D,10D,11D,13D,15D,17D,18D,19D,21D,23D,24D,25D,26D,27D,30D. The molecule has 0 bridgehead atoms. The third kappa shape index (κ3) is 4.88. The van der Waals surface area contributed by atoms with E-state index in [0.717, 1.165) is 33.0 Å². The summed E-state index contributed by atoms with van der Waals surface area (Å²) in [5.74, 6) is 0. The van der Waals surface area contributed by atoms with Crippen LogP contribution in [0.25, 0.3) is 76.9 Å². The molecule has 260 valence electrons. The van der Waals surface area contributed by atoms with Crippen LogP contribution in [0, 0.1) is 0 Å². The molecular weight excluding hydrogens is 667 g/mol. The molecule has 1 aromatic heterocycles. The first-order valence-corrected chi connectivity index (χ1v) is 17.7. The zero-order valence-electron chi connectivity index (χ0n) is 46.4. The Morgan fingerprint density at radius 2 is 1.18 bits per heavy atom. The molecule has 0 N–H and O–H groups in total. The van der Waals surface area contributed by atoms with Gasteiger partial charge in [-0.1, -0.05) is 159 Å². The molecule has 1 aliphatic rings. The molecule has 0 spiro atoms. The van der Waals surface area contributed by atoms with Crippen LogP contribution in [0.1, 0.15) is 48.3 Å². The molecule has 0 unspecified atom stereocenters. The van der Waals surface area contributed by atoms with E-state index >= 15 is 0 Å². The summed E-state index contributed by atoms with van der Waals surface area (Å²) < 4.78 is 162. The fourth-order valence-electron chi connectivity index (χ4n) is 7.95. The Labute approximate surface area is 344 Å². The van der Waals surface area contributed by atoms with Gasteiger partial charge >= 0.3 is 0 Å². The van der Waals surface area contributed by atoms with Crippen LogP contribution in [0.3, 0.4) is 0 Å². The van der Waals surface area contributed by atoms with Crippen molar-refractivity contribution in [2.75, 3.05) is 4.90 Å². The van der Waals surface area contributed by atoms with Crippen LogP contribution >= 0.6 is 0 Å². The van der Waals surface area contributed by atoms with Gasteiger partial charge in [-0.3, -0.25) is 0 Å². The molecule has 11 rings (SSSR count). The second-order valence-corrected chi connectivity index (χ2v) is 14.0. The Morgan fingerprint density at radius 1 is 0.473 bits per heavy atom. The Morgan fingerprint density at radius 3 is 2.07 bits per heavy atom. The summed E-state index contributed by atoms with van der Waals surface area (Å²) in [6.45, 7) is 4.21. The van der Waals surface area contributed by atoms with E-state index in [0.29, 0.717) is 11.4 Å². The van der Waals surface area contributed by atoms with Crippen LogP contribution in [0.4, 0.5) is 17.1 Å². The lowest BCUT2D eigenvalue weighted by atomic mass is 9.82. The molecule has 2 heteroatoms. The SMILES string of the molecule is [2H]c1c([2H])c(N(c2ccc3c(c2)C(C)(C)c2ccccc2-3)c2ccc3ccccc3c2)c([2H])c([2H])c1-c1c([2H])c([2H])c2c([2H])c([2H])c([2H])c([2H])c2c1-c1c([2H])c([2H])c([2H])c2c1oc1c([2H])c([2H])c([2H])c([2H])c12. The topological polar surface area (TPSA) is 16.4 Å². The minimum absolute atomic E-state index is 0.199. The van der Waals surface area contributed by atoms with Gasteiger partial charge in [0.05, 0.1) is 23.3 Å². The average Bonchev–Trinajstić information content (AvgIpc) is 3.88. The van der Waals surface area contributed by atoms with Crippen LogP contribution in [0.2, 0.25) is 0 Å². The minimum atomic E-state index is -0.836. The van der Waals surface area contributed by atoms with Crippen molar-refractivity contribution in [1.82, 2.24) is 0 Å². The highest BCUT2D eigenvalue weighted by molar-refractivity contribution is 6.14. The molecule has 0 fully saturated rings. The molecule has 0 amide bonds. The molecule has 55 heavy (non-hydrogen) atoms. The van der Waals surface area contributed by atoms with Gasteiger partial charge in [-0.05, 0) is 97.3 Å². The van der Waals surface area contributed by atoms with Crippen LogP contribution in [-0.4, -0.2) is 0 Å². The van der Waals surface area contributed by atoms with E-state index in [1.165, 1.54) is 0 Å². The lowest BCUT2D eigenvalue weighted by Gasteiger charge is -2.28. The lowest BCUT2D eigenvalue weighted by molar-refractivity contribution is 0.660. The average molecular weight is 721 g/mol. The van der Waals surface area contributed by atoms with Gasteiger partial charge in [0.25, 0.3) is 0 Å². The summed E-state index contributed by atoms with van der Waals surface area (Å²) in [5.41, 5.74) is 1.15. The van der Waals surface area contributed by atoms with Gasteiger partial charge in [-0.15, -0.1) is 0 Å². The van der Waals surface area contributed by atoms with Crippen molar-refractivity contribution < 1.29 is 27.7 Å². The number of para-hydroxylation sites is 2. The maximum atomic E-state index is 9.90. The number of hydrogen-bond acceptors (Lipinski definition) is 2. The molecule has 9 aromatic carbocycles. The van der Waals surface area contributed by atoms with Crippen LogP contribution < -0.4 is 4.90 Å². The number of nitrogens with zero attached hydrogens (tertiary/aromatic N) is 1. The maximum absolute atomic E-state index is 9.90. The summed E-state index contributed by atoms with van der Waals surface area (Å²) in [6, 6.07) is 14.5. The Bertz CT molecular complexity index is 4100. The Balaban J connectivity index is 1.27. The molecule has 0 radical (unpaired) electrons. The second kappa shape index (κ2) is 12.1. The molecular formula is C53H37NO. The Kier molecular flexibility index (Phi) is 4.15. The quantitative estimate of drug-likeness (QED) is 0.176. The molecule has 0 saturated heterocycles. The van der Waals surface area contributed by atoms with E-state index in [-0.39, 0.29) is 16.5 Å². The minimum Gasteiger partial charge on any atom is -0.455 e. The monoisotopic (exact) mass is 720 g/mol. The number of benzene rings is 9. The number of hydrogen-bond donors (Lipinski definition) is 0. The van der Waals surface area contributed by atoms with E-state index in [4.69, 9.17) is 16.8 Å². The number of rotatable bonds is 5. The summed E-state index contributed by atoms with van der Waals surface area (Å²) in [7, 11) is 0. The highest BCUT2D eigenvalue weighted by Crippen LogP contribution is 2.51. The second-order valence-electron chi connectivity index (χ2n) is 14.0. The summed E-state index contributed by atoms with van der Waals surface area (Å²) in [6.07, 6.45) is 0. The molecule has 1 aliphatic carbocycles. The highest BCUT2D eigenvalue weighted by Gasteiger charge is 2.35. The molecule has 0 aliphatic heterocycles.